The number of hydrogen-bond acceptors (Lipinski definition) is 6. The molecule has 0 radical (unpaired) electrons. The average molecular weight is 403 g/mol. The van der Waals surface area contributed by atoms with Crippen molar-refractivity contribution in [3.63, 3.8) is 0 Å². The molecule has 0 aliphatic heterocycles. The van der Waals surface area contributed by atoms with Crippen molar-refractivity contribution >= 4 is 28.9 Å². The van der Waals surface area contributed by atoms with E-state index in [-0.39, 0.29) is 29.1 Å². The number of aromatic amines is 1. The second-order valence-electron chi connectivity index (χ2n) is 7.17. The third-order valence-corrected chi connectivity index (χ3v) is 4.32. The summed E-state index contributed by atoms with van der Waals surface area (Å²) < 4.78 is 5.76. The minimum Gasteiger partial charge on any atom is -0.437 e. The summed E-state index contributed by atoms with van der Waals surface area (Å²) in [5.74, 6) is 0.215. The minimum absolute atomic E-state index is 0.0237. The highest BCUT2D eigenvalue weighted by Gasteiger charge is 2.18. The number of hydrogen-bond donors (Lipinski definition) is 1. The molecule has 0 atom stereocenters. The summed E-state index contributed by atoms with van der Waals surface area (Å²) in [4.78, 5) is 37.3. The summed E-state index contributed by atoms with van der Waals surface area (Å²) in [6, 6.07) is 8.77. The molecule has 2 aromatic heterocycles. The van der Waals surface area contributed by atoms with Gasteiger partial charge in [-0.2, -0.15) is 5.26 Å². The first-order valence-corrected chi connectivity index (χ1v) is 9.30. The lowest BCUT2D eigenvalue weighted by Gasteiger charge is -2.09. The Bertz CT molecular complexity index is 1170. The number of ether oxygens (including phenoxy) is 1. The summed E-state index contributed by atoms with van der Waals surface area (Å²) in [7, 11) is 3.18. The molecule has 0 aliphatic rings. The van der Waals surface area contributed by atoms with E-state index in [1.807, 2.05) is 19.9 Å². The SMILES string of the molecule is CC(C)C(=O)c1c[nH]c2ncc(Oc3ccc(/C=C(/C#N)C(=O)N(C)C)cc3)nc12. The molecular formula is C22H21N5O3. The molecule has 1 aromatic carbocycles. The van der Waals surface area contributed by atoms with Crippen molar-refractivity contribution in [2.24, 2.45) is 5.92 Å². The molecule has 1 amide bonds. The summed E-state index contributed by atoms with van der Waals surface area (Å²) in [5, 5.41) is 9.19. The number of nitrogens with one attached hydrogen (secondary N) is 1. The van der Waals surface area contributed by atoms with Gasteiger partial charge in [0.25, 0.3) is 5.91 Å². The number of rotatable bonds is 6. The number of Topliss-reactive ketones (excluding diaryl/α,β-unsaturated/α-hetero) is 1. The Balaban J connectivity index is 1.83. The van der Waals surface area contributed by atoms with Crippen molar-refractivity contribution in [1.29, 1.82) is 5.26 Å². The topological polar surface area (TPSA) is 112 Å². The maximum atomic E-state index is 12.3. The van der Waals surface area contributed by atoms with Crippen LogP contribution in [0, 0.1) is 17.2 Å². The van der Waals surface area contributed by atoms with Crippen molar-refractivity contribution < 1.29 is 14.3 Å². The van der Waals surface area contributed by atoms with Crippen LogP contribution < -0.4 is 4.74 Å². The van der Waals surface area contributed by atoms with E-state index in [1.165, 1.54) is 17.2 Å². The van der Waals surface area contributed by atoms with Gasteiger partial charge < -0.3 is 14.6 Å². The van der Waals surface area contributed by atoms with Crippen LogP contribution in [0.15, 0.2) is 42.2 Å². The zero-order valence-electron chi connectivity index (χ0n) is 17.1. The molecule has 0 aliphatic carbocycles. The van der Waals surface area contributed by atoms with Gasteiger partial charge in [0, 0.05) is 26.2 Å². The van der Waals surface area contributed by atoms with Crippen LogP contribution in [0.1, 0.15) is 29.8 Å². The van der Waals surface area contributed by atoms with Crippen LogP contribution in [0.2, 0.25) is 0 Å². The molecular weight excluding hydrogens is 382 g/mol. The van der Waals surface area contributed by atoms with E-state index in [0.717, 1.165) is 0 Å². The molecule has 3 rings (SSSR count). The highest BCUT2D eigenvalue weighted by atomic mass is 16.5. The van der Waals surface area contributed by atoms with E-state index in [0.29, 0.717) is 28.0 Å². The Morgan fingerprint density at radius 1 is 1.23 bits per heavy atom. The molecule has 8 nitrogen and oxygen atoms in total. The quantitative estimate of drug-likeness (QED) is 0.382. The first kappa shape index (κ1) is 20.7. The number of fused-ring (bicyclic) bond motifs is 1. The maximum absolute atomic E-state index is 12.3. The Hall–Kier alpha value is -3.99. The van der Waals surface area contributed by atoms with Gasteiger partial charge >= 0.3 is 0 Å². The summed E-state index contributed by atoms with van der Waals surface area (Å²) >= 11 is 0. The molecule has 0 bridgehead atoms. The molecule has 2 heterocycles. The van der Waals surface area contributed by atoms with Crippen molar-refractivity contribution in [3.05, 3.63) is 53.4 Å². The lowest BCUT2D eigenvalue weighted by atomic mass is 10.0. The van der Waals surface area contributed by atoms with Crippen molar-refractivity contribution in [2.75, 3.05) is 14.1 Å². The van der Waals surface area contributed by atoms with Crippen LogP contribution in [-0.4, -0.2) is 45.6 Å². The second-order valence-corrected chi connectivity index (χ2v) is 7.17. The Labute approximate surface area is 173 Å². The predicted molar refractivity (Wildman–Crippen MR) is 112 cm³/mol. The molecule has 30 heavy (non-hydrogen) atoms. The number of H-pyrrole nitrogens is 1. The van der Waals surface area contributed by atoms with Crippen LogP contribution in [0.3, 0.4) is 0 Å². The van der Waals surface area contributed by atoms with Gasteiger partial charge in [0.15, 0.2) is 11.4 Å². The number of ketones is 1. The fourth-order valence-electron chi connectivity index (χ4n) is 2.73. The molecule has 3 aromatic rings. The average Bonchev–Trinajstić information content (AvgIpc) is 3.15. The molecule has 152 valence electrons. The monoisotopic (exact) mass is 403 g/mol. The largest absolute Gasteiger partial charge is 0.437 e. The predicted octanol–water partition coefficient (Wildman–Crippen LogP) is 3.58. The number of aromatic nitrogens is 3. The third kappa shape index (κ3) is 4.36. The molecule has 0 saturated carbocycles. The molecule has 0 saturated heterocycles. The van der Waals surface area contributed by atoms with E-state index >= 15 is 0 Å². The standard InChI is InChI=1S/C22H21N5O3/c1-13(2)20(28)17-11-24-21-19(17)26-18(12-25-21)30-16-7-5-14(6-8-16)9-15(10-23)22(29)27(3)4/h5-9,11-13H,1-4H3,(H,24,25)/b15-9-. The van der Waals surface area contributed by atoms with E-state index in [9.17, 15) is 14.9 Å². The highest BCUT2D eigenvalue weighted by molar-refractivity contribution is 6.06. The Morgan fingerprint density at radius 2 is 1.93 bits per heavy atom. The number of amides is 1. The first-order chi connectivity index (χ1) is 14.3. The van der Waals surface area contributed by atoms with E-state index in [4.69, 9.17) is 4.74 Å². The number of carbonyl (C=O) groups is 2. The number of nitrogens with zero attached hydrogens (tertiary/aromatic N) is 4. The normalized spacial score (nSPS) is 11.4. The van der Waals surface area contributed by atoms with Gasteiger partial charge in [0.1, 0.15) is 22.9 Å². The summed E-state index contributed by atoms with van der Waals surface area (Å²) in [5.41, 5.74) is 2.19. The molecule has 1 N–H and O–H groups in total. The van der Waals surface area contributed by atoms with Crippen molar-refractivity contribution in [2.45, 2.75) is 13.8 Å². The van der Waals surface area contributed by atoms with Gasteiger partial charge in [-0.15, -0.1) is 0 Å². The zero-order chi connectivity index (χ0) is 21.8. The Kier molecular flexibility index (Phi) is 5.93. The fraction of sp³-hybridized carbons (Fsp3) is 0.227. The van der Waals surface area contributed by atoms with Gasteiger partial charge in [-0.05, 0) is 23.8 Å². The van der Waals surface area contributed by atoms with Crippen LogP contribution in [0.4, 0.5) is 0 Å². The van der Waals surface area contributed by atoms with E-state index in [1.54, 1.807) is 44.6 Å². The number of benzene rings is 1. The molecule has 0 unspecified atom stereocenters. The van der Waals surface area contributed by atoms with Gasteiger partial charge in [-0.1, -0.05) is 26.0 Å². The smallest absolute Gasteiger partial charge is 0.264 e. The maximum Gasteiger partial charge on any atom is 0.264 e. The van der Waals surface area contributed by atoms with Gasteiger partial charge in [-0.25, -0.2) is 9.97 Å². The summed E-state index contributed by atoms with van der Waals surface area (Å²) in [6.45, 7) is 3.66. The van der Waals surface area contributed by atoms with Crippen molar-refractivity contribution in [3.8, 4) is 17.7 Å². The van der Waals surface area contributed by atoms with E-state index in [2.05, 4.69) is 15.0 Å². The fourth-order valence-corrected chi connectivity index (χ4v) is 2.73. The Morgan fingerprint density at radius 3 is 2.53 bits per heavy atom. The van der Waals surface area contributed by atoms with Crippen LogP contribution >= 0.6 is 0 Å². The van der Waals surface area contributed by atoms with E-state index < -0.39 is 0 Å². The van der Waals surface area contributed by atoms with Crippen LogP contribution in [0.5, 0.6) is 11.6 Å². The molecule has 0 fully saturated rings. The van der Waals surface area contributed by atoms with Crippen LogP contribution in [0.25, 0.3) is 17.2 Å². The second kappa shape index (κ2) is 8.57. The highest BCUT2D eigenvalue weighted by Crippen LogP contribution is 2.24. The first-order valence-electron chi connectivity index (χ1n) is 9.30. The lowest BCUT2D eigenvalue weighted by Crippen LogP contribution is -2.22. The van der Waals surface area contributed by atoms with Gasteiger partial charge in [-0.3, -0.25) is 9.59 Å². The van der Waals surface area contributed by atoms with Gasteiger partial charge in [0.05, 0.1) is 11.8 Å². The number of carbonyl (C=O) groups excluding carboxylic acids is 2. The number of likely N-dealkylation sites (N-methyl/N-ethyl adjacent to an activating group) is 1. The molecule has 0 spiro atoms. The lowest BCUT2D eigenvalue weighted by molar-refractivity contribution is -0.124. The third-order valence-electron chi connectivity index (χ3n) is 4.32. The van der Waals surface area contributed by atoms with Crippen LogP contribution in [-0.2, 0) is 4.79 Å². The molecule has 8 heteroatoms. The number of nitriles is 1. The summed E-state index contributed by atoms with van der Waals surface area (Å²) in [6.07, 6.45) is 4.60. The van der Waals surface area contributed by atoms with Gasteiger partial charge in [0.2, 0.25) is 5.88 Å². The van der Waals surface area contributed by atoms with Crippen molar-refractivity contribution in [1.82, 2.24) is 19.9 Å². The minimum atomic E-state index is -0.361. The zero-order valence-corrected chi connectivity index (χ0v) is 17.1.